The topological polar surface area (TPSA) is 61.6 Å². The minimum absolute atomic E-state index is 0.220. The van der Waals surface area contributed by atoms with Gasteiger partial charge in [-0.3, -0.25) is 4.79 Å². The van der Waals surface area contributed by atoms with Crippen LogP contribution in [0.4, 0.5) is 11.5 Å². The summed E-state index contributed by atoms with van der Waals surface area (Å²) in [6.45, 7) is 3.94. The van der Waals surface area contributed by atoms with Crippen molar-refractivity contribution in [2.45, 2.75) is 0 Å². The molecule has 0 aliphatic carbocycles. The van der Waals surface area contributed by atoms with E-state index in [1.165, 1.54) is 0 Å². The van der Waals surface area contributed by atoms with Crippen LogP contribution in [0.3, 0.4) is 0 Å². The molecule has 1 aliphatic rings. The Morgan fingerprint density at radius 3 is 2.57 bits per heavy atom. The van der Waals surface area contributed by atoms with Gasteiger partial charge in [0.1, 0.15) is 11.6 Å². The van der Waals surface area contributed by atoms with E-state index in [-0.39, 0.29) is 11.7 Å². The number of rotatable bonds is 4. The van der Waals surface area contributed by atoms with Crippen molar-refractivity contribution in [3.8, 4) is 11.3 Å². The minimum Gasteiger partial charge on any atom is -0.451 e. The molecule has 0 unspecified atom stereocenters. The summed E-state index contributed by atoms with van der Waals surface area (Å²) in [5.41, 5.74) is 1.37. The summed E-state index contributed by atoms with van der Waals surface area (Å²) in [6, 6.07) is 14.5. The number of hydrogen-bond donors (Lipinski definition) is 1. The maximum atomic E-state index is 12.5. The van der Waals surface area contributed by atoms with E-state index in [1.54, 1.807) is 24.4 Å². The maximum absolute atomic E-state index is 12.5. The number of piperazine rings is 1. The summed E-state index contributed by atoms with van der Waals surface area (Å²) in [7, 11) is 2.12. The zero-order valence-electron chi connectivity index (χ0n) is 15.6. The lowest BCUT2D eigenvalue weighted by molar-refractivity contribution is 0.0997. The second kappa shape index (κ2) is 8.04. The summed E-state index contributed by atoms with van der Waals surface area (Å²) < 4.78 is 5.68. The molecular weight excluding hydrogens is 376 g/mol. The van der Waals surface area contributed by atoms with Gasteiger partial charge >= 0.3 is 0 Å². The fraction of sp³-hybridized carbons (Fsp3) is 0.238. The van der Waals surface area contributed by atoms with Crippen molar-refractivity contribution in [3.05, 3.63) is 65.5 Å². The Bertz CT molecular complexity index is 963. The van der Waals surface area contributed by atoms with Crippen molar-refractivity contribution in [3.63, 3.8) is 0 Å². The molecule has 0 spiro atoms. The van der Waals surface area contributed by atoms with Crippen LogP contribution in [-0.2, 0) is 0 Å². The minimum atomic E-state index is -0.326. The molecule has 4 rings (SSSR count). The molecule has 2 aromatic heterocycles. The monoisotopic (exact) mass is 396 g/mol. The molecule has 7 heteroatoms. The molecule has 6 nitrogen and oxygen atoms in total. The molecule has 144 valence electrons. The highest BCUT2D eigenvalue weighted by molar-refractivity contribution is 6.33. The molecule has 1 aliphatic heterocycles. The Kier molecular flexibility index (Phi) is 5.32. The van der Waals surface area contributed by atoms with E-state index >= 15 is 0 Å². The average Bonchev–Trinajstić information content (AvgIpc) is 3.20. The van der Waals surface area contributed by atoms with Crippen molar-refractivity contribution in [2.75, 3.05) is 43.4 Å². The fourth-order valence-electron chi connectivity index (χ4n) is 3.14. The van der Waals surface area contributed by atoms with Crippen molar-refractivity contribution in [2.24, 2.45) is 0 Å². The van der Waals surface area contributed by atoms with Crippen LogP contribution in [0.5, 0.6) is 0 Å². The third-order valence-electron chi connectivity index (χ3n) is 4.80. The quantitative estimate of drug-likeness (QED) is 0.722. The van der Waals surface area contributed by atoms with Gasteiger partial charge in [0.15, 0.2) is 5.76 Å². The van der Waals surface area contributed by atoms with E-state index in [2.05, 4.69) is 27.1 Å². The molecule has 0 atom stereocenters. The van der Waals surface area contributed by atoms with Gasteiger partial charge in [0.25, 0.3) is 5.91 Å². The fourth-order valence-corrected chi connectivity index (χ4v) is 3.37. The number of carbonyl (C=O) groups is 1. The first kappa shape index (κ1) is 18.5. The highest BCUT2D eigenvalue weighted by Gasteiger charge is 2.16. The highest BCUT2D eigenvalue weighted by Crippen LogP contribution is 2.29. The van der Waals surface area contributed by atoms with E-state index < -0.39 is 0 Å². The number of benzene rings is 1. The number of halogens is 1. The Morgan fingerprint density at radius 1 is 1.07 bits per heavy atom. The third-order valence-corrected chi connectivity index (χ3v) is 5.13. The van der Waals surface area contributed by atoms with Crippen LogP contribution in [0.2, 0.25) is 5.02 Å². The SMILES string of the molecule is CN1CCN(c2ccc(NC(=O)c3ccc(-c4ccccc4Cl)o3)cn2)CC1. The highest BCUT2D eigenvalue weighted by atomic mass is 35.5. The predicted molar refractivity (Wildman–Crippen MR) is 111 cm³/mol. The number of aromatic nitrogens is 1. The van der Waals surface area contributed by atoms with Crippen LogP contribution in [0.1, 0.15) is 10.6 Å². The van der Waals surface area contributed by atoms with E-state index in [4.69, 9.17) is 16.0 Å². The lowest BCUT2D eigenvalue weighted by Crippen LogP contribution is -2.44. The van der Waals surface area contributed by atoms with Gasteiger partial charge in [-0.15, -0.1) is 0 Å². The van der Waals surface area contributed by atoms with Gasteiger partial charge in [-0.1, -0.05) is 23.7 Å². The summed E-state index contributed by atoms with van der Waals surface area (Å²) in [4.78, 5) is 21.5. The molecule has 28 heavy (non-hydrogen) atoms. The Hall–Kier alpha value is -2.83. The third kappa shape index (κ3) is 4.03. The first-order valence-corrected chi connectivity index (χ1v) is 9.53. The van der Waals surface area contributed by atoms with E-state index in [0.717, 1.165) is 37.6 Å². The molecule has 1 fully saturated rings. The Morgan fingerprint density at radius 2 is 1.86 bits per heavy atom. The normalized spacial score (nSPS) is 14.9. The van der Waals surface area contributed by atoms with E-state index in [1.807, 2.05) is 30.3 Å². The number of likely N-dealkylation sites (N-methyl/N-ethyl adjacent to an activating group) is 1. The molecule has 1 N–H and O–H groups in total. The molecule has 1 saturated heterocycles. The lowest BCUT2D eigenvalue weighted by atomic mass is 10.2. The number of nitrogens with one attached hydrogen (secondary N) is 1. The molecule has 1 amide bonds. The predicted octanol–water partition coefficient (Wildman–Crippen LogP) is 4.00. The van der Waals surface area contributed by atoms with Crippen LogP contribution in [0, 0.1) is 0 Å². The number of hydrogen-bond acceptors (Lipinski definition) is 5. The maximum Gasteiger partial charge on any atom is 0.291 e. The summed E-state index contributed by atoms with van der Waals surface area (Å²) in [5, 5.41) is 3.40. The summed E-state index contributed by atoms with van der Waals surface area (Å²) in [5.74, 6) is 1.37. The number of carbonyl (C=O) groups excluding carboxylic acids is 1. The Labute approximate surface area is 168 Å². The van der Waals surface area contributed by atoms with Gasteiger partial charge in [-0.25, -0.2) is 4.98 Å². The number of amides is 1. The number of anilines is 2. The molecule has 0 radical (unpaired) electrons. The lowest BCUT2D eigenvalue weighted by Gasteiger charge is -2.33. The van der Waals surface area contributed by atoms with Gasteiger partial charge in [0.2, 0.25) is 0 Å². The van der Waals surface area contributed by atoms with Crippen LogP contribution >= 0.6 is 11.6 Å². The van der Waals surface area contributed by atoms with Crippen LogP contribution in [0.15, 0.2) is 59.1 Å². The van der Waals surface area contributed by atoms with Gasteiger partial charge in [-0.2, -0.15) is 0 Å². The molecule has 0 bridgehead atoms. The second-order valence-corrected chi connectivity index (χ2v) is 7.20. The van der Waals surface area contributed by atoms with Crippen molar-refractivity contribution >= 4 is 29.0 Å². The average molecular weight is 397 g/mol. The zero-order valence-corrected chi connectivity index (χ0v) is 16.3. The van der Waals surface area contributed by atoms with Crippen molar-refractivity contribution < 1.29 is 9.21 Å². The largest absolute Gasteiger partial charge is 0.451 e. The van der Waals surface area contributed by atoms with E-state index in [9.17, 15) is 4.79 Å². The van der Waals surface area contributed by atoms with Gasteiger partial charge in [0, 0.05) is 31.7 Å². The summed E-state index contributed by atoms with van der Waals surface area (Å²) in [6.07, 6.45) is 1.67. The molecule has 1 aromatic carbocycles. The molecule has 3 heterocycles. The van der Waals surface area contributed by atoms with Crippen LogP contribution in [-0.4, -0.2) is 49.0 Å². The van der Waals surface area contributed by atoms with Gasteiger partial charge in [-0.05, 0) is 43.4 Å². The second-order valence-electron chi connectivity index (χ2n) is 6.79. The standard InChI is InChI=1S/C21H21ClN4O2/c1-25-10-12-26(13-11-25)20-9-6-15(14-23-20)24-21(27)19-8-7-18(28-19)16-4-2-3-5-17(16)22/h2-9,14H,10-13H2,1H3,(H,24,27). The van der Waals surface area contributed by atoms with Gasteiger partial charge in [0.05, 0.1) is 16.9 Å². The van der Waals surface area contributed by atoms with Crippen molar-refractivity contribution in [1.82, 2.24) is 9.88 Å². The first-order valence-electron chi connectivity index (χ1n) is 9.16. The van der Waals surface area contributed by atoms with Crippen LogP contribution < -0.4 is 10.2 Å². The van der Waals surface area contributed by atoms with E-state index in [0.29, 0.717) is 16.5 Å². The zero-order chi connectivity index (χ0) is 19.5. The molecule has 3 aromatic rings. The molecule has 0 saturated carbocycles. The Balaban J connectivity index is 1.42. The summed E-state index contributed by atoms with van der Waals surface area (Å²) >= 11 is 6.19. The number of pyridine rings is 1. The first-order chi connectivity index (χ1) is 13.6. The smallest absolute Gasteiger partial charge is 0.291 e. The number of furan rings is 1. The van der Waals surface area contributed by atoms with Gasteiger partial charge < -0.3 is 19.5 Å². The van der Waals surface area contributed by atoms with Crippen LogP contribution in [0.25, 0.3) is 11.3 Å². The van der Waals surface area contributed by atoms with Crippen molar-refractivity contribution in [1.29, 1.82) is 0 Å². The molecular formula is C21H21ClN4O2. The number of nitrogens with zero attached hydrogens (tertiary/aromatic N) is 3.